The normalized spacial score (nSPS) is 20.0. The summed E-state index contributed by atoms with van der Waals surface area (Å²) in [5, 5.41) is 2.99. The fourth-order valence-corrected chi connectivity index (χ4v) is 2.47. The number of rotatable bonds is 4. The van der Waals surface area contributed by atoms with Gasteiger partial charge in [-0.25, -0.2) is 0 Å². The van der Waals surface area contributed by atoms with Crippen molar-refractivity contribution in [3.05, 3.63) is 24.3 Å². The van der Waals surface area contributed by atoms with Crippen molar-refractivity contribution in [2.24, 2.45) is 0 Å². The number of likely N-dealkylation sites (tertiary alicyclic amines) is 1. The summed E-state index contributed by atoms with van der Waals surface area (Å²) in [5.41, 5.74) is 0.758. The van der Waals surface area contributed by atoms with Crippen LogP contribution in [-0.2, 0) is 4.79 Å². The summed E-state index contributed by atoms with van der Waals surface area (Å²) in [6, 6.07) is 7.55. The third-order valence-electron chi connectivity index (χ3n) is 3.52. The van der Waals surface area contributed by atoms with Gasteiger partial charge < -0.3 is 10.1 Å². The van der Waals surface area contributed by atoms with E-state index in [-0.39, 0.29) is 11.9 Å². The molecule has 0 aromatic heterocycles. The monoisotopic (exact) mass is 262 g/mol. The second-order valence-electron chi connectivity index (χ2n) is 4.91. The molecule has 0 spiro atoms. The molecule has 1 aromatic carbocycles. The summed E-state index contributed by atoms with van der Waals surface area (Å²) in [5.74, 6) is 0.797. The Labute approximate surface area is 114 Å². The fraction of sp³-hybridized carbons (Fsp3) is 0.533. The van der Waals surface area contributed by atoms with Crippen LogP contribution in [0, 0.1) is 0 Å². The third-order valence-corrected chi connectivity index (χ3v) is 3.52. The molecule has 1 heterocycles. The minimum Gasteiger partial charge on any atom is -0.492 e. The lowest BCUT2D eigenvalue weighted by atomic mass is 10.0. The van der Waals surface area contributed by atoms with Crippen molar-refractivity contribution in [1.29, 1.82) is 0 Å². The van der Waals surface area contributed by atoms with Gasteiger partial charge in [-0.3, -0.25) is 9.69 Å². The van der Waals surface area contributed by atoms with Crippen LogP contribution in [0.5, 0.6) is 5.75 Å². The Balaban J connectivity index is 2.05. The molecule has 0 aliphatic carbocycles. The van der Waals surface area contributed by atoms with Gasteiger partial charge in [0.25, 0.3) is 0 Å². The van der Waals surface area contributed by atoms with Gasteiger partial charge in [0.05, 0.1) is 18.3 Å². The van der Waals surface area contributed by atoms with Gasteiger partial charge in [-0.2, -0.15) is 0 Å². The highest BCUT2D eigenvalue weighted by Crippen LogP contribution is 2.25. The molecular weight excluding hydrogens is 240 g/mol. The Morgan fingerprint density at radius 3 is 2.95 bits per heavy atom. The van der Waals surface area contributed by atoms with E-state index in [2.05, 4.69) is 10.2 Å². The fourth-order valence-electron chi connectivity index (χ4n) is 2.47. The molecule has 1 unspecified atom stereocenters. The molecule has 0 radical (unpaired) electrons. The van der Waals surface area contributed by atoms with E-state index in [9.17, 15) is 4.79 Å². The van der Waals surface area contributed by atoms with E-state index in [4.69, 9.17) is 4.74 Å². The van der Waals surface area contributed by atoms with Crippen molar-refractivity contribution < 1.29 is 9.53 Å². The van der Waals surface area contributed by atoms with Crippen molar-refractivity contribution in [1.82, 2.24) is 4.90 Å². The molecule has 1 aromatic rings. The summed E-state index contributed by atoms with van der Waals surface area (Å²) in [6.07, 6.45) is 3.23. The van der Waals surface area contributed by atoms with E-state index in [0.717, 1.165) is 30.8 Å². The molecule has 1 atom stereocenters. The van der Waals surface area contributed by atoms with Crippen LogP contribution in [-0.4, -0.2) is 37.0 Å². The zero-order chi connectivity index (χ0) is 13.7. The first-order valence-corrected chi connectivity index (χ1v) is 6.95. The van der Waals surface area contributed by atoms with Crippen molar-refractivity contribution in [3.8, 4) is 5.75 Å². The maximum atomic E-state index is 12.3. The number of para-hydroxylation sites is 2. The van der Waals surface area contributed by atoms with Crippen LogP contribution >= 0.6 is 0 Å². The molecule has 2 rings (SSSR count). The van der Waals surface area contributed by atoms with Gasteiger partial charge in [0.2, 0.25) is 5.91 Å². The molecule has 1 fully saturated rings. The van der Waals surface area contributed by atoms with Gasteiger partial charge in [-0.1, -0.05) is 18.6 Å². The van der Waals surface area contributed by atoms with Crippen LogP contribution in [0.1, 0.15) is 26.2 Å². The quantitative estimate of drug-likeness (QED) is 0.906. The highest BCUT2D eigenvalue weighted by Gasteiger charge is 2.26. The molecule has 4 nitrogen and oxygen atoms in total. The minimum absolute atomic E-state index is 0.0246. The maximum Gasteiger partial charge on any atom is 0.241 e. The number of amides is 1. The number of benzene rings is 1. The minimum atomic E-state index is -0.0246. The summed E-state index contributed by atoms with van der Waals surface area (Å²) < 4.78 is 5.52. The van der Waals surface area contributed by atoms with Crippen LogP contribution in [0.4, 0.5) is 5.69 Å². The van der Waals surface area contributed by atoms with Crippen LogP contribution in [0.15, 0.2) is 24.3 Å². The van der Waals surface area contributed by atoms with E-state index in [0.29, 0.717) is 6.61 Å². The third kappa shape index (κ3) is 3.47. The van der Waals surface area contributed by atoms with Crippen molar-refractivity contribution in [2.45, 2.75) is 32.2 Å². The van der Waals surface area contributed by atoms with Crippen LogP contribution in [0.3, 0.4) is 0 Å². The lowest BCUT2D eigenvalue weighted by Crippen LogP contribution is -2.44. The van der Waals surface area contributed by atoms with Gasteiger partial charge in [0, 0.05) is 0 Å². The number of likely N-dealkylation sites (N-methyl/N-ethyl adjacent to an activating group) is 1. The topological polar surface area (TPSA) is 41.6 Å². The summed E-state index contributed by atoms with van der Waals surface area (Å²) in [6.45, 7) is 3.52. The summed E-state index contributed by atoms with van der Waals surface area (Å²) in [7, 11) is 2.01. The standard InChI is InChI=1S/C15H22N2O2/c1-3-19-14-10-5-4-8-12(14)16-15(18)13-9-6-7-11-17(13)2/h4-5,8,10,13H,3,6-7,9,11H2,1-2H3,(H,16,18). The SMILES string of the molecule is CCOc1ccccc1NC(=O)C1CCCCN1C. The van der Waals surface area contributed by atoms with Crippen molar-refractivity contribution >= 4 is 11.6 Å². The van der Waals surface area contributed by atoms with Gasteiger partial charge >= 0.3 is 0 Å². The predicted octanol–water partition coefficient (Wildman–Crippen LogP) is 2.51. The van der Waals surface area contributed by atoms with E-state index in [1.165, 1.54) is 6.42 Å². The second-order valence-corrected chi connectivity index (χ2v) is 4.91. The Hall–Kier alpha value is -1.55. The smallest absolute Gasteiger partial charge is 0.241 e. The summed E-state index contributed by atoms with van der Waals surface area (Å²) in [4.78, 5) is 14.5. The highest BCUT2D eigenvalue weighted by molar-refractivity contribution is 5.96. The van der Waals surface area contributed by atoms with Gasteiger partial charge in [0.15, 0.2) is 0 Å². The average molecular weight is 262 g/mol. The van der Waals surface area contributed by atoms with Gasteiger partial charge in [0.1, 0.15) is 5.75 Å². The number of anilines is 1. The number of hydrogen-bond donors (Lipinski definition) is 1. The molecule has 1 saturated heterocycles. The Morgan fingerprint density at radius 1 is 1.42 bits per heavy atom. The van der Waals surface area contributed by atoms with Gasteiger partial charge in [-0.15, -0.1) is 0 Å². The molecule has 1 aliphatic heterocycles. The molecular formula is C15H22N2O2. The first-order chi connectivity index (χ1) is 9.22. The molecule has 104 valence electrons. The van der Waals surface area contributed by atoms with Crippen LogP contribution in [0.2, 0.25) is 0 Å². The first-order valence-electron chi connectivity index (χ1n) is 6.95. The molecule has 1 aliphatic rings. The van der Waals surface area contributed by atoms with Crippen molar-refractivity contribution in [3.63, 3.8) is 0 Å². The number of nitrogens with zero attached hydrogens (tertiary/aromatic N) is 1. The molecule has 4 heteroatoms. The molecule has 1 amide bonds. The molecule has 19 heavy (non-hydrogen) atoms. The van der Waals surface area contributed by atoms with Crippen molar-refractivity contribution in [2.75, 3.05) is 25.5 Å². The highest BCUT2D eigenvalue weighted by atomic mass is 16.5. The average Bonchev–Trinajstić information content (AvgIpc) is 2.41. The number of nitrogens with one attached hydrogen (secondary N) is 1. The van der Waals surface area contributed by atoms with E-state index >= 15 is 0 Å². The van der Waals surface area contributed by atoms with Crippen LogP contribution in [0.25, 0.3) is 0 Å². The van der Waals surface area contributed by atoms with Gasteiger partial charge in [-0.05, 0) is 45.5 Å². The van der Waals surface area contributed by atoms with E-state index in [1.54, 1.807) is 0 Å². The Morgan fingerprint density at radius 2 is 2.21 bits per heavy atom. The second kappa shape index (κ2) is 6.57. The zero-order valence-electron chi connectivity index (χ0n) is 11.7. The predicted molar refractivity (Wildman–Crippen MR) is 76.5 cm³/mol. The number of hydrogen-bond acceptors (Lipinski definition) is 3. The lowest BCUT2D eigenvalue weighted by Gasteiger charge is -2.31. The lowest BCUT2D eigenvalue weighted by molar-refractivity contribution is -0.121. The van der Waals surface area contributed by atoms with E-state index < -0.39 is 0 Å². The number of ether oxygens (including phenoxy) is 1. The summed E-state index contributed by atoms with van der Waals surface area (Å²) >= 11 is 0. The van der Waals surface area contributed by atoms with Crippen LogP contribution < -0.4 is 10.1 Å². The number of carbonyl (C=O) groups excluding carboxylic acids is 1. The number of piperidine rings is 1. The maximum absolute atomic E-state index is 12.3. The number of carbonyl (C=O) groups is 1. The molecule has 0 bridgehead atoms. The zero-order valence-corrected chi connectivity index (χ0v) is 11.7. The largest absolute Gasteiger partial charge is 0.492 e. The Kier molecular flexibility index (Phi) is 4.80. The Bertz CT molecular complexity index is 434. The first kappa shape index (κ1) is 13.9. The molecule has 0 saturated carbocycles. The molecule has 1 N–H and O–H groups in total. The van der Waals surface area contributed by atoms with E-state index in [1.807, 2.05) is 38.2 Å².